The second kappa shape index (κ2) is 10.3. The molecule has 0 saturated carbocycles. The van der Waals surface area contributed by atoms with Gasteiger partial charge in [0.1, 0.15) is 11.9 Å². The van der Waals surface area contributed by atoms with Crippen LogP contribution >= 0.6 is 11.8 Å². The summed E-state index contributed by atoms with van der Waals surface area (Å²) in [5.41, 5.74) is 1.24. The maximum atomic E-state index is 6.41. The van der Waals surface area contributed by atoms with Gasteiger partial charge in [-0.15, -0.1) is 11.8 Å². The van der Waals surface area contributed by atoms with Gasteiger partial charge in [0.15, 0.2) is 0 Å². The summed E-state index contributed by atoms with van der Waals surface area (Å²) >= 11 is 1.87. The molecule has 1 unspecified atom stereocenters. The summed E-state index contributed by atoms with van der Waals surface area (Å²) in [5, 5.41) is 3.40. The Bertz CT molecular complexity index is 559. The molecule has 0 fully saturated rings. The van der Waals surface area contributed by atoms with E-state index < -0.39 is 0 Å². The van der Waals surface area contributed by atoms with E-state index in [0.717, 1.165) is 31.0 Å². The van der Waals surface area contributed by atoms with E-state index in [1.54, 1.807) is 0 Å². The van der Waals surface area contributed by atoms with Gasteiger partial charge in [-0.1, -0.05) is 56.3 Å². The second-order valence-corrected chi connectivity index (χ2v) is 6.59. The van der Waals surface area contributed by atoms with Gasteiger partial charge >= 0.3 is 0 Å². The van der Waals surface area contributed by atoms with E-state index in [-0.39, 0.29) is 6.10 Å². The lowest BCUT2D eigenvalue weighted by Crippen LogP contribution is -2.19. The number of hydrogen-bond acceptors (Lipinski definition) is 3. The lowest BCUT2D eigenvalue weighted by atomic mass is 10.1. The third kappa shape index (κ3) is 5.92. The first-order valence-corrected chi connectivity index (χ1v) is 9.47. The molecule has 3 heteroatoms. The van der Waals surface area contributed by atoms with Crippen molar-refractivity contribution < 1.29 is 4.74 Å². The highest BCUT2D eigenvalue weighted by Crippen LogP contribution is 2.33. The van der Waals surface area contributed by atoms with Crippen molar-refractivity contribution in [3.63, 3.8) is 0 Å². The van der Waals surface area contributed by atoms with Gasteiger partial charge < -0.3 is 10.1 Å². The van der Waals surface area contributed by atoms with Gasteiger partial charge in [0.2, 0.25) is 0 Å². The molecule has 2 nitrogen and oxygen atoms in total. The van der Waals surface area contributed by atoms with E-state index in [1.165, 1.54) is 16.9 Å². The van der Waals surface area contributed by atoms with Gasteiger partial charge in [-0.25, -0.2) is 0 Å². The number of thioether (sulfide) groups is 1. The summed E-state index contributed by atoms with van der Waals surface area (Å²) in [6.07, 6.45) is 2.21. The standard InChI is InChI=1S/C20H27NOS/c1-3-16-23-20-13-9-8-12-19(20)22-18(14-15-21-4-2)17-10-6-5-7-11-17/h5-13,18,21H,3-4,14-16H2,1-2H3. The van der Waals surface area contributed by atoms with Crippen LogP contribution in [0.1, 0.15) is 38.4 Å². The molecule has 0 radical (unpaired) electrons. The Morgan fingerprint density at radius 1 is 1.00 bits per heavy atom. The topological polar surface area (TPSA) is 21.3 Å². The van der Waals surface area contributed by atoms with Crippen molar-refractivity contribution >= 4 is 11.8 Å². The molecule has 0 aliphatic carbocycles. The van der Waals surface area contributed by atoms with Crippen LogP contribution in [-0.4, -0.2) is 18.8 Å². The Hall–Kier alpha value is -1.45. The van der Waals surface area contributed by atoms with Gasteiger partial charge in [0, 0.05) is 11.3 Å². The van der Waals surface area contributed by atoms with E-state index >= 15 is 0 Å². The van der Waals surface area contributed by atoms with Crippen LogP contribution in [0.4, 0.5) is 0 Å². The summed E-state index contributed by atoms with van der Waals surface area (Å²) in [7, 11) is 0. The van der Waals surface area contributed by atoms with Crippen molar-refractivity contribution in [1.82, 2.24) is 5.32 Å². The minimum Gasteiger partial charge on any atom is -0.485 e. The van der Waals surface area contributed by atoms with E-state index in [0.29, 0.717) is 0 Å². The average Bonchev–Trinajstić information content (AvgIpc) is 2.61. The predicted octanol–water partition coefficient (Wildman–Crippen LogP) is 5.31. The van der Waals surface area contributed by atoms with E-state index in [4.69, 9.17) is 4.74 Å². The van der Waals surface area contributed by atoms with Crippen molar-refractivity contribution in [2.24, 2.45) is 0 Å². The van der Waals surface area contributed by atoms with E-state index in [2.05, 4.69) is 73.8 Å². The smallest absolute Gasteiger partial charge is 0.133 e. The number of hydrogen-bond donors (Lipinski definition) is 1. The highest BCUT2D eigenvalue weighted by molar-refractivity contribution is 7.99. The Labute approximate surface area is 144 Å². The van der Waals surface area contributed by atoms with Crippen LogP contribution in [0.2, 0.25) is 0 Å². The lowest BCUT2D eigenvalue weighted by molar-refractivity contribution is 0.189. The van der Waals surface area contributed by atoms with Crippen LogP contribution < -0.4 is 10.1 Å². The molecule has 2 aromatic rings. The summed E-state index contributed by atoms with van der Waals surface area (Å²) in [6, 6.07) is 18.9. The van der Waals surface area contributed by atoms with Crippen LogP contribution in [0.5, 0.6) is 5.75 Å². The van der Waals surface area contributed by atoms with E-state index in [1.807, 2.05) is 11.8 Å². The molecule has 0 aliphatic heterocycles. The molecule has 124 valence electrons. The van der Waals surface area contributed by atoms with Crippen LogP contribution in [0.3, 0.4) is 0 Å². The van der Waals surface area contributed by atoms with Crippen LogP contribution in [-0.2, 0) is 0 Å². The molecule has 2 rings (SSSR count). The van der Waals surface area contributed by atoms with Crippen molar-refractivity contribution in [2.45, 2.75) is 37.7 Å². The molecule has 23 heavy (non-hydrogen) atoms. The molecule has 0 saturated heterocycles. The SMILES string of the molecule is CCCSc1ccccc1OC(CCNCC)c1ccccc1. The minimum atomic E-state index is 0.0821. The fraction of sp³-hybridized carbons (Fsp3) is 0.400. The monoisotopic (exact) mass is 329 g/mol. The summed E-state index contributed by atoms with van der Waals surface area (Å²) in [6.45, 7) is 6.29. The molecular weight excluding hydrogens is 302 g/mol. The third-order valence-corrected chi connectivity index (χ3v) is 4.85. The molecule has 0 spiro atoms. The summed E-state index contributed by atoms with van der Waals surface area (Å²) < 4.78 is 6.41. The maximum Gasteiger partial charge on any atom is 0.133 e. The van der Waals surface area contributed by atoms with Crippen molar-refractivity contribution in [2.75, 3.05) is 18.8 Å². The van der Waals surface area contributed by atoms with Gasteiger partial charge in [0.05, 0.1) is 0 Å². The average molecular weight is 330 g/mol. The number of benzene rings is 2. The van der Waals surface area contributed by atoms with Crippen molar-refractivity contribution in [3.8, 4) is 5.75 Å². The summed E-state index contributed by atoms with van der Waals surface area (Å²) in [5.74, 6) is 2.12. The second-order valence-electron chi connectivity index (χ2n) is 5.45. The molecule has 1 N–H and O–H groups in total. The largest absolute Gasteiger partial charge is 0.485 e. The minimum absolute atomic E-state index is 0.0821. The lowest BCUT2D eigenvalue weighted by Gasteiger charge is -2.21. The fourth-order valence-corrected chi connectivity index (χ4v) is 3.26. The Kier molecular flexibility index (Phi) is 8.05. The van der Waals surface area contributed by atoms with Crippen LogP contribution in [0.25, 0.3) is 0 Å². The fourth-order valence-electron chi connectivity index (χ4n) is 2.40. The van der Waals surface area contributed by atoms with Gasteiger partial charge in [0.25, 0.3) is 0 Å². The first kappa shape index (κ1) is 17.9. The molecule has 0 amide bonds. The normalized spacial score (nSPS) is 12.1. The Balaban J connectivity index is 2.13. The third-order valence-electron chi connectivity index (χ3n) is 3.58. The molecule has 0 bridgehead atoms. The van der Waals surface area contributed by atoms with Gasteiger partial charge in [-0.3, -0.25) is 0 Å². The molecule has 2 aromatic carbocycles. The zero-order chi connectivity index (χ0) is 16.3. The quantitative estimate of drug-likeness (QED) is 0.471. The Morgan fingerprint density at radius 2 is 1.74 bits per heavy atom. The zero-order valence-corrected chi connectivity index (χ0v) is 14.9. The van der Waals surface area contributed by atoms with Crippen LogP contribution in [0, 0.1) is 0 Å². The molecule has 0 heterocycles. The zero-order valence-electron chi connectivity index (χ0n) is 14.1. The highest BCUT2D eigenvalue weighted by Gasteiger charge is 2.15. The van der Waals surface area contributed by atoms with Gasteiger partial charge in [-0.05, 0) is 43.0 Å². The van der Waals surface area contributed by atoms with E-state index in [9.17, 15) is 0 Å². The van der Waals surface area contributed by atoms with Crippen LogP contribution in [0.15, 0.2) is 59.5 Å². The maximum absolute atomic E-state index is 6.41. The first-order valence-electron chi connectivity index (χ1n) is 8.49. The van der Waals surface area contributed by atoms with Crippen molar-refractivity contribution in [1.29, 1.82) is 0 Å². The summed E-state index contributed by atoms with van der Waals surface area (Å²) in [4.78, 5) is 1.23. The number of ether oxygens (including phenoxy) is 1. The molecular formula is C20H27NOS. The number of nitrogens with one attached hydrogen (secondary N) is 1. The van der Waals surface area contributed by atoms with Crippen molar-refractivity contribution in [3.05, 3.63) is 60.2 Å². The Morgan fingerprint density at radius 3 is 2.48 bits per heavy atom. The number of rotatable bonds is 10. The number of para-hydroxylation sites is 1. The predicted molar refractivity (Wildman–Crippen MR) is 100 cm³/mol. The molecule has 1 atom stereocenters. The molecule has 0 aromatic heterocycles. The highest BCUT2D eigenvalue weighted by atomic mass is 32.2. The molecule has 0 aliphatic rings. The van der Waals surface area contributed by atoms with Gasteiger partial charge in [-0.2, -0.15) is 0 Å². The first-order chi connectivity index (χ1) is 11.3.